The van der Waals surface area contributed by atoms with Crippen LogP contribution in [-0.4, -0.2) is 0 Å². The Kier molecular flexibility index (Phi) is 23.4. The third kappa shape index (κ3) is 11.6. The first-order chi connectivity index (χ1) is 11.2. The smallest absolute Gasteiger partial charge is 0.0152 e. The van der Waals surface area contributed by atoms with Crippen LogP contribution in [0.25, 0.3) is 11.1 Å². The van der Waals surface area contributed by atoms with Crippen LogP contribution in [-0.2, 0) is 0 Å². The maximum Gasteiger partial charge on any atom is -0.0152 e. The summed E-state index contributed by atoms with van der Waals surface area (Å²) in [6.45, 7) is 20.6. The molecule has 0 aliphatic rings. The number of hydrogen-bond donors (Lipinski definition) is 0. The minimum Gasteiger partial charge on any atom is -0.0683 e. The predicted molar refractivity (Wildman–Crippen MR) is 111 cm³/mol. The summed E-state index contributed by atoms with van der Waals surface area (Å²) < 4.78 is 0. The maximum atomic E-state index is 2.18. The molecule has 0 nitrogen and oxygen atoms in total. The average molecular weight is 317 g/mol. The van der Waals surface area contributed by atoms with Crippen molar-refractivity contribution in [3.63, 3.8) is 0 Å². The lowest BCUT2D eigenvalue weighted by Crippen LogP contribution is -1.85. The second-order valence-electron chi connectivity index (χ2n) is 4.34. The van der Waals surface area contributed by atoms with Crippen molar-refractivity contribution in [1.29, 1.82) is 0 Å². The van der Waals surface area contributed by atoms with Gasteiger partial charge in [-0.2, -0.15) is 0 Å². The summed E-state index contributed by atoms with van der Waals surface area (Å²) in [7, 11) is 0. The van der Waals surface area contributed by atoms with E-state index in [9.17, 15) is 0 Å². The first-order valence-electron chi connectivity index (χ1n) is 9.32. The van der Waals surface area contributed by atoms with E-state index >= 15 is 0 Å². The Morgan fingerprint density at radius 3 is 0.957 bits per heavy atom. The van der Waals surface area contributed by atoms with E-state index in [1.54, 1.807) is 0 Å². The van der Waals surface area contributed by atoms with Crippen molar-refractivity contribution in [2.75, 3.05) is 0 Å². The molecule has 132 valence electrons. The summed E-state index contributed by atoms with van der Waals surface area (Å²) in [6, 6.07) is 17.0. The van der Waals surface area contributed by atoms with Gasteiger partial charge in [-0.1, -0.05) is 110 Å². The van der Waals surface area contributed by atoms with Gasteiger partial charge in [0.25, 0.3) is 0 Å². The topological polar surface area (TPSA) is 0 Å². The van der Waals surface area contributed by atoms with Crippen molar-refractivity contribution >= 4 is 0 Å². The largest absolute Gasteiger partial charge is 0.0683 e. The lowest BCUT2D eigenvalue weighted by molar-refractivity contribution is 1.09. The molecule has 0 aliphatic carbocycles. The van der Waals surface area contributed by atoms with E-state index in [4.69, 9.17) is 0 Å². The predicted octanol–water partition coefficient (Wildman–Crippen LogP) is 8.47. The number of benzene rings is 2. The van der Waals surface area contributed by atoms with Gasteiger partial charge in [0.05, 0.1) is 0 Å². The van der Waals surface area contributed by atoms with E-state index in [-0.39, 0.29) is 0 Å². The third-order valence-electron chi connectivity index (χ3n) is 2.58. The van der Waals surface area contributed by atoms with Crippen molar-refractivity contribution < 1.29 is 0 Å². The Labute approximate surface area is 147 Å². The summed E-state index contributed by atoms with van der Waals surface area (Å²) in [4.78, 5) is 0. The fraction of sp³-hybridized carbons (Fsp3) is 0.478. The second kappa shape index (κ2) is 20.4. The summed E-state index contributed by atoms with van der Waals surface area (Å²) >= 11 is 0. The molecular weight excluding hydrogens is 276 g/mol. The fourth-order valence-corrected chi connectivity index (χ4v) is 1.75. The average Bonchev–Trinajstić information content (AvgIpc) is 2.62. The highest BCUT2D eigenvalue weighted by Crippen LogP contribution is 2.25. The molecule has 0 N–H and O–H groups in total. The molecule has 2 rings (SSSR count). The molecule has 0 aromatic heterocycles. The summed E-state index contributed by atoms with van der Waals surface area (Å²) in [5.74, 6) is 0. The van der Waals surface area contributed by atoms with Crippen molar-refractivity contribution in [3.8, 4) is 11.1 Å². The van der Waals surface area contributed by atoms with Gasteiger partial charge in [-0.15, -0.1) is 0 Å². The van der Waals surface area contributed by atoms with Crippen molar-refractivity contribution in [2.24, 2.45) is 0 Å². The van der Waals surface area contributed by atoms with E-state index in [0.717, 1.165) is 0 Å². The molecule has 0 spiro atoms. The fourth-order valence-electron chi connectivity index (χ4n) is 1.75. The van der Waals surface area contributed by atoms with Crippen LogP contribution in [0.15, 0.2) is 48.5 Å². The molecule has 0 fully saturated rings. The van der Waals surface area contributed by atoms with Crippen LogP contribution in [0, 0.1) is 13.8 Å². The van der Waals surface area contributed by atoms with Crippen LogP contribution < -0.4 is 0 Å². The van der Waals surface area contributed by atoms with E-state index in [2.05, 4.69) is 76.2 Å². The standard InChI is InChI=1S/C14H14.C3H8.3C2H6/c1-11-7-3-5-9-13(11)14-10-6-4-8-12(14)2;1-3-2;3*1-2/h3-10H,1-2H3;3H2,1-2H3;3*1-2H3. The Balaban J connectivity index is -0.000000382. The molecule has 0 amide bonds. The van der Waals surface area contributed by atoms with Crippen LogP contribution in [0.5, 0.6) is 0 Å². The van der Waals surface area contributed by atoms with Gasteiger partial charge in [0.15, 0.2) is 0 Å². The Hall–Kier alpha value is -1.56. The van der Waals surface area contributed by atoms with Gasteiger partial charge >= 0.3 is 0 Å². The minimum atomic E-state index is 1.25. The van der Waals surface area contributed by atoms with Gasteiger partial charge in [0.2, 0.25) is 0 Å². The van der Waals surface area contributed by atoms with Crippen LogP contribution >= 0.6 is 0 Å². The van der Waals surface area contributed by atoms with Gasteiger partial charge in [0, 0.05) is 0 Å². The van der Waals surface area contributed by atoms with E-state index in [1.165, 1.54) is 28.7 Å². The van der Waals surface area contributed by atoms with Crippen LogP contribution in [0.1, 0.15) is 72.9 Å². The molecule has 0 heteroatoms. The van der Waals surface area contributed by atoms with E-state index in [0.29, 0.717) is 0 Å². The summed E-state index contributed by atoms with van der Waals surface area (Å²) in [5, 5.41) is 0. The Bertz CT molecular complexity index is 412. The van der Waals surface area contributed by atoms with Crippen LogP contribution in [0.3, 0.4) is 0 Å². The van der Waals surface area contributed by atoms with Crippen LogP contribution in [0.4, 0.5) is 0 Å². The monoisotopic (exact) mass is 316 g/mol. The third-order valence-corrected chi connectivity index (χ3v) is 2.58. The Morgan fingerprint density at radius 2 is 0.739 bits per heavy atom. The normalized spacial score (nSPS) is 7.74. The highest BCUT2D eigenvalue weighted by Gasteiger charge is 2.02. The summed E-state index contributed by atoms with van der Waals surface area (Å²) in [5.41, 5.74) is 5.35. The summed E-state index contributed by atoms with van der Waals surface area (Å²) in [6.07, 6.45) is 1.25. The molecule has 23 heavy (non-hydrogen) atoms. The molecule has 0 saturated carbocycles. The van der Waals surface area contributed by atoms with Gasteiger partial charge in [-0.3, -0.25) is 0 Å². The van der Waals surface area contributed by atoms with Crippen molar-refractivity contribution in [3.05, 3.63) is 59.7 Å². The van der Waals surface area contributed by atoms with Crippen molar-refractivity contribution in [1.82, 2.24) is 0 Å². The molecule has 2 aromatic rings. The van der Waals surface area contributed by atoms with Crippen molar-refractivity contribution in [2.45, 2.75) is 75.7 Å². The number of hydrogen-bond acceptors (Lipinski definition) is 0. The van der Waals surface area contributed by atoms with Gasteiger partial charge in [-0.05, 0) is 36.1 Å². The molecule has 0 heterocycles. The zero-order valence-electron chi connectivity index (χ0n) is 17.3. The molecule has 0 bridgehead atoms. The quantitative estimate of drug-likeness (QED) is 0.495. The highest BCUT2D eigenvalue weighted by molar-refractivity contribution is 5.70. The first-order valence-corrected chi connectivity index (χ1v) is 9.32. The highest BCUT2D eigenvalue weighted by atomic mass is 14.1. The first kappa shape index (κ1) is 26.3. The minimum absolute atomic E-state index is 1.25. The second-order valence-corrected chi connectivity index (χ2v) is 4.34. The Morgan fingerprint density at radius 1 is 0.522 bits per heavy atom. The molecule has 0 aliphatic heterocycles. The van der Waals surface area contributed by atoms with Gasteiger partial charge in [0.1, 0.15) is 0 Å². The van der Waals surface area contributed by atoms with E-state index < -0.39 is 0 Å². The van der Waals surface area contributed by atoms with E-state index in [1.807, 2.05) is 41.5 Å². The SMILES string of the molecule is CC.CC.CC.CCC.Cc1ccccc1-c1ccccc1C. The lowest BCUT2D eigenvalue weighted by Gasteiger charge is -2.08. The molecular formula is C23H40. The van der Waals surface area contributed by atoms with Crippen LogP contribution in [0.2, 0.25) is 0 Å². The number of rotatable bonds is 1. The zero-order chi connectivity index (χ0) is 18.7. The van der Waals surface area contributed by atoms with Gasteiger partial charge in [-0.25, -0.2) is 0 Å². The molecule has 0 unspecified atom stereocenters. The number of aryl methyl sites for hydroxylation is 2. The van der Waals surface area contributed by atoms with Gasteiger partial charge < -0.3 is 0 Å². The molecule has 0 saturated heterocycles. The maximum absolute atomic E-state index is 2.18. The molecule has 2 aromatic carbocycles. The molecule has 0 radical (unpaired) electrons. The molecule has 0 atom stereocenters. The lowest BCUT2D eigenvalue weighted by atomic mass is 9.97. The zero-order valence-corrected chi connectivity index (χ0v) is 17.3.